The monoisotopic (exact) mass is 400 g/mol. The van der Waals surface area contributed by atoms with Gasteiger partial charge >= 0.3 is 0 Å². The average molecular weight is 401 g/mol. The van der Waals surface area contributed by atoms with Crippen LogP contribution in [0.3, 0.4) is 0 Å². The summed E-state index contributed by atoms with van der Waals surface area (Å²) in [5.41, 5.74) is 1.85. The third-order valence-electron chi connectivity index (χ3n) is 3.79. The van der Waals surface area contributed by atoms with Gasteiger partial charge in [0.1, 0.15) is 0 Å². The van der Waals surface area contributed by atoms with E-state index >= 15 is 0 Å². The van der Waals surface area contributed by atoms with E-state index in [1.807, 2.05) is 59.2 Å². The number of nitrogens with one attached hydrogen (secondary N) is 1. The summed E-state index contributed by atoms with van der Waals surface area (Å²) < 4.78 is 1.96. The molecule has 1 heterocycles. The predicted octanol–water partition coefficient (Wildman–Crippen LogP) is 4.45. The second kappa shape index (κ2) is 9.06. The number of para-hydroxylation sites is 1. The number of thioether (sulfide) groups is 1. The summed E-state index contributed by atoms with van der Waals surface area (Å²) in [5, 5.41) is 12.9. The Morgan fingerprint density at radius 1 is 1.11 bits per heavy atom. The van der Waals surface area contributed by atoms with Crippen LogP contribution in [0.1, 0.15) is 13.8 Å². The molecular weight excluding hydrogens is 380 g/mol. The van der Waals surface area contributed by atoms with Crippen LogP contribution < -0.4 is 5.32 Å². The Bertz CT molecular complexity index is 894. The molecule has 1 amide bonds. The second-order valence-electron chi connectivity index (χ2n) is 6.47. The summed E-state index contributed by atoms with van der Waals surface area (Å²) in [6.07, 6.45) is 0. The number of halogens is 1. The van der Waals surface area contributed by atoms with Gasteiger partial charge in [-0.3, -0.25) is 9.36 Å². The van der Waals surface area contributed by atoms with Crippen molar-refractivity contribution >= 4 is 29.3 Å². The van der Waals surface area contributed by atoms with Gasteiger partial charge in [-0.1, -0.05) is 55.4 Å². The van der Waals surface area contributed by atoms with Crippen molar-refractivity contribution in [1.82, 2.24) is 20.1 Å². The summed E-state index contributed by atoms with van der Waals surface area (Å²) in [6, 6.07) is 17.3. The van der Waals surface area contributed by atoms with Crippen molar-refractivity contribution in [1.29, 1.82) is 0 Å². The molecule has 7 heteroatoms. The van der Waals surface area contributed by atoms with Crippen LogP contribution in [-0.4, -0.2) is 33.0 Å². The highest BCUT2D eigenvalue weighted by Gasteiger charge is 2.17. The molecule has 0 aliphatic rings. The molecule has 0 unspecified atom stereocenters. The fraction of sp³-hybridized carbons (Fsp3) is 0.250. The number of nitrogens with zero attached hydrogens (tertiary/aromatic N) is 3. The molecule has 1 aromatic heterocycles. The molecule has 0 fully saturated rings. The number of hydrogen-bond donors (Lipinski definition) is 1. The minimum Gasteiger partial charge on any atom is -0.355 e. The smallest absolute Gasteiger partial charge is 0.230 e. The number of hydrogen-bond acceptors (Lipinski definition) is 4. The molecule has 0 saturated carbocycles. The standard InChI is InChI=1S/C20H21ClN4OS/c1-14(2)12-22-18(26)13-27-20-24-23-19(15-8-10-16(21)11-9-15)25(20)17-6-4-3-5-7-17/h3-11,14H,12-13H2,1-2H3,(H,22,26). The van der Waals surface area contributed by atoms with Crippen LogP contribution in [0.4, 0.5) is 0 Å². The zero-order valence-electron chi connectivity index (χ0n) is 15.2. The first kappa shape index (κ1) is 19.5. The maximum Gasteiger partial charge on any atom is 0.230 e. The third-order valence-corrected chi connectivity index (χ3v) is 4.97. The van der Waals surface area contributed by atoms with Crippen LogP contribution in [0.5, 0.6) is 0 Å². The minimum absolute atomic E-state index is 0.00986. The zero-order valence-corrected chi connectivity index (χ0v) is 16.8. The number of aromatic nitrogens is 3. The lowest BCUT2D eigenvalue weighted by Gasteiger charge is -2.11. The normalized spacial score (nSPS) is 11.0. The SMILES string of the molecule is CC(C)CNC(=O)CSc1nnc(-c2ccc(Cl)cc2)n1-c1ccccc1. The van der Waals surface area contributed by atoms with Gasteiger partial charge in [0.05, 0.1) is 5.75 Å². The molecule has 27 heavy (non-hydrogen) atoms. The van der Waals surface area contributed by atoms with E-state index in [2.05, 4.69) is 29.4 Å². The predicted molar refractivity (Wildman–Crippen MR) is 110 cm³/mol. The Hall–Kier alpha value is -2.31. The van der Waals surface area contributed by atoms with Crippen molar-refractivity contribution in [3.8, 4) is 17.1 Å². The lowest BCUT2D eigenvalue weighted by molar-refractivity contribution is -0.118. The van der Waals surface area contributed by atoms with Crippen LogP contribution in [0.2, 0.25) is 5.02 Å². The largest absolute Gasteiger partial charge is 0.355 e. The van der Waals surface area contributed by atoms with Gasteiger partial charge in [-0.15, -0.1) is 10.2 Å². The van der Waals surface area contributed by atoms with Gasteiger partial charge in [0, 0.05) is 22.8 Å². The van der Waals surface area contributed by atoms with Crippen molar-refractivity contribution in [2.24, 2.45) is 5.92 Å². The number of carbonyl (C=O) groups excluding carboxylic acids is 1. The maximum absolute atomic E-state index is 12.1. The highest BCUT2D eigenvalue weighted by molar-refractivity contribution is 7.99. The highest BCUT2D eigenvalue weighted by atomic mass is 35.5. The van der Waals surface area contributed by atoms with Crippen LogP contribution in [0.25, 0.3) is 17.1 Å². The third kappa shape index (κ3) is 5.11. The van der Waals surface area contributed by atoms with Gasteiger partial charge in [-0.25, -0.2) is 0 Å². The summed E-state index contributed by atoms with van der Waals surface area (Å²) in [6.45, 7) is 4.80. The molecule has 0 aliphatic heterocycles. The quantitative estimate of drug-likeness (QED) is 0.595. The van der Waals surface area contributed by atoms with Gasteiger partial charge in [-0.2, -0.15) is 0 Å². The molecule has 0 saturated heterocycles. The summed E-state index contributed by atoms with van der Waals surface area (Å²) in [5.74, 6) is 1.41. The minimum atomic E-state index is -0.00986. The van der Waals surface area contributed by atoms with E-state index < -0.39 is 0 Å². The Morgan fingerprint density at radius 3 is 2.48 bits per heavy atom. The first-order chi connectivity index (χ1) is 13.0. The average Bonchev–Trinajstić information content (AvgIpc) is 3.10. The molecule has 0 bridgehead atoms. The van der Waals surface area contributed by atoms with Gasteiger partial charge < -0.3 is 5.32 Å². The van der Waals surface area contributed by atoms with E-state index in [4.69, 9.17) is 11.6 Å². The number of benzene rings is 2. The Balaban J connectivity index is 1.88. The summed E-state index contributed by atoms with van der Waals surface area (Å²) in [7, 11) is 0. The van der Waals surface area contributed by atoms with E-state index in [1.165, 1.54) is 11.8 Å². The molecule has 0 radical (unpaired) electrons. The van der Waals surface area contributed by atoms with Gasteiger partial charge in [0.15, 0.2) is 11.0 Å². The lowest BCUT2D eigenvalue weighted by Crippen LogP contribution is -2.28. The number of rotatable bonds is 7. The van der Waals surface area contributed by atoms with Gasteiger partial charge in [0.2, 0.25) is 5.91 Å². The molecule has 0 spiro atoms. The van der Waals surface area contributed by atoms with Crippen molar-refractivity contribution in [3.63, 3.8) is 0 Å². The fourth-order valence-corrected chi connectivity index (χ4v) is 3.37. The van der Waals surface area contributed by atoms with Crippen molar-refractivity contribution < 1.29 is 4.79 Å². The molecule has 0 atom stereocenters. The highest BCUT2D eigenvalue weighted by Crippen LogP contribution is 2.28. The molecule has 0 aliphatic carbocycles. The first-order valence-electron chi connectivity index (χ1n) is 8.71. The number of amides is 1. The topological polar surface area (TPSA) is 59.8 Å². The van der Waals surface area contributed by atoms with Gasteiger partial charge in [-0.05, 0) is 42.3 Å². The second-order valence-corrected chi connectivity index (χ2v) is 7.85. The van der Waals surface area contributed by atoms with Crippen LogP contribution in [0.15, 0.2) is 59.8 Å². The van der Waals surface area contributed by atoms with Crippen molar-refractivity contribution in [2.45, 2.75) is 19.0 Å². The maximum atomic E-state index is 12.1. The first-order valence-corrected chi connectivity index (χ1v) is 10.1. The van der Waals surface area contributed by atoms with Crippen molar-refractivity contribution in [2.75, 3.05) is 12.3 Å². The van der Waals surface area contributed by atoms with Crippen LogP contribution in [0, 0.1) is 5.92 Å². The van der Waals surface area contributed by atoms with E-state index in [9.17, 15) is 4.79 Å². The number of carbonyl (C=O) groups is 1. The summed E-state index contributed by atoms with van der Waals surface area (Å²) in [4.78, 5) is 12.1. The van der Waals surface area contributed by atoms with E-state index in [0.717, 1.165) is 11.3 Å². The molecule has 3 aromatic rings. The molecular formula is C20H21ClN4OS. The fourth-order valence-electron chi connectivity index (χ4n) is 2.46. The molecule has 140 valence electrons. The molecule has 1 N–H and O–H groups in total. The Morgan fingerprint density at radius 2 is 1.81 bits per heavy atom. The van der Waals surface area contributed by atoms with E-state index in [-0.39, 0.29) is 11.7 Å². The molecule has 2 aromatic carbocycles. The Labute approximate surface area is 168 Å². The van der Waals surface area contributed by atoms with E-state index in [0.29, 0.717) is 28.5 Å². The summed E-state index contributed by atoms with van der Waals surface area (Å²) >= 11 is 7.38. The molecule has 5 nitrogen and oxygen atoms in total. The van der Waals surface area contributed by atoms with Crippen LogP contribution >= 0.6 is 23.4 Å². The Kier molecular flexibility index (Phi) is 6.53. The zero-order chi connectivity index (χ0) is 19.2. The van der Waals surface area contributed by atoms with Gasteiger partial charge in [0.25, 0.3) is 0 Å². The van der Waals surface area contributed by atoms with Crippen LogP contribution in [-0.2, 0) is 4.79 Å². The van der Waals surface area contributed by atoms with Crippen molar-refractivity contribution in [3.05, 3.63) is 59.6 Å². The van der Waals surface area contributed by atoms with E-state index in [1.54, 1.807) is 0 Å². The molecule has 3 rings (SSSR count). The lowest BCUT2D eigenvalue weighted by atomic mass is 10.2.